The summed E-state index contributed by atoms with van der Waals surface area (Å²) in [4.78, 5) is 13.8. The molecule has 4 nitrogen and oxygen atoms in total. The van der Waals surface area contributed by atoms with Gasteiger partial charge in [-0.25, -0.2) is 8.78 Å². The van der Waals surface area contributed by atoms with Crippen LogP contribution < -0.4 is 0 Å². The molecule has 0 N–H and O–H groups in total. The van der Waals surface area contributed by atoms with Crippen molar-refractivity contribution in [2.45, 2.75) is 25.3 Å². The number of likely N-dealkylation sites (tertiary alicyclic amines) is 1. The van der Waals surface area contributed by atoms with Gasteiger partial charge in [0.2, 0.25) is 0 Å². The third-order valence-corrected chi connectivity index (χ3v) is 3.47. The summed E-state index contributed by atoms with van der Waals surface area (Å²) in [6.07, 6.45) is 0.266. The van der Waals surface area contributed by atoms with E-state index in [-0.39, 0.29) is 11.6 Å². The molecule has 1 aromatic heterocycles. The summed E-state index contributed by atoms with van der Waals surface area (Å²) >= 11 is 5.78. The summed E-state index contributed by atoms with van der Waals surface area (Å²) in [5.41, 5.74) is -0.479. The van der Waals surface area contributed by atoms with E-state index in [0.29, 0.717) is 12.4 Å². The summed E-state index contributed by atoms with van der Waals surface area (Å²) in [5.74, 6) is -0.0720. The van der Waals surface area contributed by atoms with Gasteiger partial charge < -0.3 is 4.90 Å². The van der Waals surface area contributed by atoms with E-state index in [4.69, 9.17) is 11.6 Å². The fourth-order valence-electron chi connectivity index (χ4n) is 2.25. The SMILES string of the molecule is Cn1cc(C(=O)N2CCC[C@H]2CCl)c(C(F)F)n1. The van der Waals surface area contributed by atoms with Crippen LogP contribution >= 0.6 is 11.6 Å². The Morgan fingerprint density at radius 1 is 1.67 bits per heavy atom. The molecule has 0 spiro atoms. The summed E-state index contributed by atoms with van der Waals surface area (Å²) in [5, 5.41) is 3.64. The number of carbonyl (C=O) groups is 1. The van der Waals surface area contributed by atoms with Crippen molar-refractivity contribution in [3.63, 3.8) is 0 Å². The highest BCUT2D eigenvalue weighted by molar-refractivity contribution is 6.18. The third-order valence-electron chi connectivity index (χ3n) is 3.11. The molecule has 1 aromatic rings. The van der Waals surface area contributed by atoms with Gasteiger partial charge in [-0.1, -0.05) is 0 Å². The Kier molecular flexibility index (Phi) is 3.85. The van der Waals surface area contributed by atoms with Gasteiger partial charge in [0, 0.05) is 31.7 Å². The molecule has 0 saturated carbocycles. The number of rotatable bonds is 3. The number of alkyl halides is 3. The van der Waals surface area contributed by atoms with Crippen molar-refractivity contribution < 1.29 is 13.6 Å². The molecule has 1 fully saturated rings. The molecule has 100 valence electrons. The van der Waals surface area contributed by atoms with Crippen molar-refractivity contribution in [3.05, 3.63) is 17.5 Å². The zero-order valence-electron chi connectivity index (χ0n) is 9.94. The Morgan fingerprint density at radius 3 is 3.00 bits per heavy atom. The van der Waals surface area contributed by atoms with Gasteiger partial charge >= 0.3 is 0 Å². The number of aromatic nitrogens is 2. The molecule has 0 aliphatic carbocycles. The van der Waals surface area contributed by atoms with Crippen LogP contribution in [0.4, 0.5) is 8.78 Å². The Hall–Kier alpha value is -1.17. The Bertz CT molecular complexity index is 449. The zero-order valence-corrected chi connectivity index (χ0v) is 10.7. The molecular weight excluding hydrogens is 264 g/mol. The second-order valence-corrected chi connectivity index (χ2v) is 4.66. The monoisotopic (exact) mass is 277 g/mol. The van der Waals surface area contributed by atoms with Crippen LogP contribution in [0.3, 0.4) is 0 Å². The van der Waals surface area contributed by atoms with Crippen molar-refractivity contribution in [1.29, 1.82) is 0 Å². The first-order chi connectivity index (χ1) is 8.54. The molecule has 1 aliphatic heterocycles. The molecule has 0 unspecified atom stereocenters. The molecule has 1 aliphatic rings. The van der Waals surface area contributed by atoms with E-state index in [1.165, 1.54) is 17.9 Å². The molecule has 7 heteroatoms. The average molecular weight is 278 g/mol. The van der Waals surface area contributed by atoms with E-state index < -0.39 is 18.0 Å². The highest BCUT2D eigenvalue weighted by Gasteiger charge is 2.32. The number of halogens is 3. The van der Waals surface area contributed by atoms with Crippen molar-refractivity contribution in [2.75, 3.05) is 12.4 Å². The van der Waals surface area contributed by atoms with Crippen LogP contribution in [0.1, 0.15) is 35.3 Å². The first-order valence-corrected chi connectivity index (χ1v) is 6.26. The van der Waals surface area contributed by atoms with E-state index in [2.05, 4.69) is 5.10 Å². The second kappa shape index (κ2) is 5.22. The maximum absolute atomic E-state index is 12.8. The molecule has 0 radical (unpaired) electrons. The van der Waals surface area contributed by atoms with Crippen LogP contribution in [0.15, 0.2) is 6.20 Å². The molecule has 1 amide bonds. The van der Waals surface area contributed by atoms with Gasteiger partial charge in [0.1, 0.15) is 5.69 Å². The van der Waals surface area contributed by atoms with Crippen LogP contribution in [-0.4, -0.2) is 39.1 Å². The van der Waals surface area contributed by atoms with Gasteiger partial charge in [-0.15, -0.1) is 11.6 Å². The maximum atomic E-state index is 12.8. The summed E-state index contributed by atoms with van der Waals surface area (Å²) in [6.45, 7) is 0.563. The van der Waals surface area contributed by atoms with Crippen LogP contribution in [0.2, 0.25) is 0 Å². The quantitative estimate of drug-likeness (QED) is 0.795. The number of amides is 1. The van der Waals surface area contributed by atoms with Crippen LogP contribution in [-0.2, 0) is 7.05 Å². The van der Waals surface area contributed by atoms with Gasteiger partial charge in [0.15, 0.2) is 0 Å². The van der Waals surface area contributed by atoms with Crippen molar-refractivity contribution in [3.8, 4) is 0 Å². The number of aryl methyl sites for hydroxylation is 1. The molecule has 1 saturated heterocycles. The Labute approximate surface area is 109 Å². The summed E-state index contributed by atoms with van der Waals surface area (Å²) in [6, 6.07) is -0.0649. The maximum Gasteiger partial charge on any atom is 0.282 e. The largest absolute Gasteiger partial charge is 0.334 e. The van der Waals surface area contributed by atoms with Gasteiger partial charge in [-0.2, -0.15) is 5.10 Å². The molecule has 18 heavy (non-hydrogen) atoms. The standard InChI is InChI=1S/C11H14ClF2N3O/c1-16-6-8(9(15-16)10(13)14)11(18)17-4-2-3-7(17)5-12/h6-7,10H,2-5H2,1H3/t7-/m0/s1. The average Bonchev–Trinajstić information content (AvgIpc) is 2.93. The lowest BCUT2D eigenvalue weighted by atomic mass is 10.2. The second-order valence-electron chi connectivity index (χ2n) is 4.35. The third kappa shape index (κ3) is 2.34. The van der Waals surface area contributed by atoms with Crippen molar-refractivity contribution in [1.82, 2.24) is 14.7 Å². The predicted octanol–water partition coefficient (Wildman–Crippen LogP) is 2.20. The Balaban J connectivity index is 2.28. The van der Waals surface area contributed by atoms with E-state index in [1.54, 1.807) is 4.90 Å². The summed E-state index contributed by atoms with van der Waals surface area (Å²) < 4.78 is 26.8. The van der Waals surface area contributed by atoms with Crippen molar-refractivity contribution in [2.24, 2.45) is 7.05 Å². The smallest absolute Gasteiger partial charge is 0.282 e. The van der Waals surface area contributed by atoms with Crippen LogP contribution in [0.25, 0.3) is 0 Å². The number of hydrogen-bond acceptors (Lipinski definition) is 2. The highest BCUT2D eigenvalue weighted by atomic mass is 35.5. The minimum atomic E-state index is -2.75. The number of hydrogen-bond donors (Lipinski definition) is 0. The van der Waals surface area contributed by atoms with Crippen molar-refractivity contribution >= 4 is 17.5 Å². The van der Waals surface area contributed by atoms with Gasteiger partial charge in [0.25, 0.3) is 12.3 Å². The van der Waals surface area contributed by atoms with E-state index in [1.807, 2.05) is 0 Å². The molecule has 1 atom stereocenters. The van der Waals surface area contributed by atoms with Gasteiger partial charge in [-0.05, 0) is 12.8 Å². The number of nitrogens with zero attached hydrogens (tertiary/aromatic N) is 3. The minimum Gasteiger partial charge on any atom is -0.334 e. The lowest BCUT2D eigenvalue weighted by molar-refractivity contribution is 0.0736. The fraction of sp³-hybridized carbons (Fsp3) is 0.636. The normalized spacial score (nSPS) is 19.8. The fourth-order valence-corrected chi connectivity index (χ4v) is 2.57. The predicted molar refractivity (Wildman–Crippen MR) is 62.9 cm³/mol. The molecule has 2 rings (SSSR count). The summed E-state index contributed by atoms with van der Waals surface area (Å²) in [7, 11) is 1.52. The zero-order chi connectivity index (χ0) is 13.3. The number of carbonyl (C=O) groups excluding carboxylic acids is 1. The molecular formula is C11H14ClF2N3O. The van der Waals surface area contributed by atoms with Crippen LogP contribution in [0, 0.1) is 0 Å². The molecule has 0 bridgehead atoms. The molecule has 0 aromatic carbocycles. The van der Waals surface area contributed by atoms with E-state index in [9.17, 15) is 13.6 Å². The first kappa shape index (κ1) is 13.3. The minimum absolute atomic E-state index is 0.0236. The topological polar surface area (TPSA) is 38.1 Å². The molecule has 2 heterocycles. The first-order valence-electron chi connectivity index (χ1n) is 5.73. The van der Waals surface area contributed by atoms with E-state index in [0.717, 1.165) is 12.8 Å². The van der Waals surface area contributed by atoms with E-state index >= 15 is 0 Å². The van der Waals surface area contributed by atoms with Crippen LogP contribution in [0.5, 0.6) is 0 Å². The van der Waals surface area contributed by atoms with Gasteiger partial charge in [-0.3, -0.25) is 9.48 Å². The highest BCUT2D eigenvalue weighted by Crippen LogP contribution is 2.26. The Morgan fingerprint density at radius 2 is 2.39 bits per heavy atom. The van der Waals surface area contributed by atoms with Gasteiger partial charge in [0.05, 0.1) is 5.56 Å². The lowest BCUT2D eigenvalue weighted by Crippen LogP contribution is -2.36. The lowest BCUT2D eigenvalue weighted by Gasteiger charge is -2.22.